The highest BCUT2D eigenvalue weighted by Gasteiger charge is 2.59. The minimum atomic E-state index is -4.61. The number of ketones is 1. The van der Waals surface area contributed by atoms with Crippen LogP contribution in [0.1, 0.15) is 164 Å². The van der Waals surface area contributed by atoms with Crippen LogP contribution < -0.4 is 0 Å². The van der Waals surface area contributed by atoms with E-state index in [2.05, 4.69) is 54.5 Å². The van der Waals surface area contributed by atoms with Gasteiger partial charge in [0.1, 0.15) is 6.10 Å². The molecule has 4 bridgehead atoms. The number of nitrogens with zero attached hydrogens (tertiary/aromatic N) is 1. The van der Waals surface area contributed by atoms with Crippen molar-refractivity contribution in [3.8, 4) is 0 Å². The zero-order chi connectivity index (χ0) is 43.4. The lowest BCUT2D eigenvalue weighted by atomic mass is 9.45. The molecule has 0 aliphatic heterocycles. The SMILES string of the molecule is CC1=CCCC2(C)C(CCC2(O)CN(CC2CCC3CC2C3(C)C)C(=O)OC2CC(C)CCC2C(C)C)c2ccc(cc2C(=O)c2cccc(C(F)(F)F)c2)CC(O)CC1. The summed E-state index contributed by atoms with van der Waals surface area (Å²) in [4.78, 5) is 31.2. The molecule has 10 atom stereocenters. The van der Waals surface area contributed by atoms with Crippen LogP contribution in [0.2, 0.25) is 0 Å². The quantitative estimate of drug-likeness (QED) is 0.204. The average Bonchev–Trinajstić information content (AvgIpc) is 3.44. The number of amides is 1. The number of halogens is 3. The van der Waals surface area contributed by atoms with Gasteiger partial charge in [-0.2, -0.15) is 13.2 Å². The van der Waals surface area contributed by atoms with Crippen LogP contribution >= 0.6 is 0 Å². The smallest absolute Gasteiger partial charge is 0.416 e. The van der Waals surface area contributed by atoms with E-state index >= 15 is 0 Å². The van der Waals surface area contributed by atoms with Gasteiger partial charge in [0.2, 0.25) is 0 Å². The Hall–Kier alpha value is -3.17. The summed E-state index contributed by atoms with van der Waals surface area (Å²) in [6, 6.07) is 10.2. The maximum absolute atomic E-state index is 14.8. The van der Waals surface area contributed by atoms with Crippen LogP contribution in [0.3, 0.4) is 0 Å². The molecule has 5 saturated carbocycles. The van der Waals surface area contributed by atoms with Crippen LogP contribution in [-0.2, 0) is 17.3 Å². The number of benzene rings is 2. The first-order chi connectivity index (χ1) is 28.2. The van der Waals surface area contributed by atoms with Gasteiger partial charge in [0.25, 0.3) is 0 Å². The Balaban J connectivity index is 1.28. The molecule has 9 rings (SSSR count). The third kappa shape index (κ3) is 8.87. The third-order valence-corrected chi connectivity index (χ3v) is 16.7. The van der Waals surface area contributed by atoms with Crippen molar-refractivity contribution < 1.29 is 37.7 Å². The highest BCUT2D eigenvalue weighted by molar-refractivity contribution is 6.10. The Morgan fingerprint density at radius 3 is 2.43 bits per heavy atom. The minimum absolute atomic E-state index is 0.0577. The van der Waals surface area contributed by atoms with Crippen LogP contribution in [0.5, 0.6) is 0 Å². The average molecular weight is 834 g/mol. The summed E-state index contributed by atoms with van der Waals surface area (Å²) in [5.41, 5.74) is -0.0463. The molecule has 9 heteroatoms. The topological polar surface area (TPSA) is 87.1 Å². The number of fused-ring (bicyclic) bond motifs is 10. The summed E-state index contributed by atoms with van der Waals surface area (Å²) in [5, 5.41) is 24.4. The first-order valence-electron chi connectivity index (χ1n) is 23.1. The summed E-state index contributed by atoms with van der Waals surface area (Å²) >= 11 is 0. The maximum atomic E-state index is 14.8. The fourth-order valence-corrected chi connectivity index (χ4v) is 12.6. The van der Waals surface area contributed by atoms with Gasteiger partial charge in [0.15, 0.2) is 5.78 Å². The van der Waals surface area contributed by atoms with E-state index in [9.17, 15) is 33.0 Å². The standard InChI is InChI=1S/C51H70F3NO5/c1-31(2)40-19-14-33(4)24-45(40)60-47(58)55(29-36-16-17-37-28-44(36)48(37,5)6)30-50(59)23-21-43-41-20-15-34(25-39(56)18-13-32(3)10-9-22-49(43,50)7)26-42(41)46(57)35-11-8-12-38(27-35)51(52,53)54/h8,10-12,15,20,26-27,31,33,36-37,39-40,43-45,56,59H,9,13-14,16-19,21-25,28-30H2,1-7H3. The number of hydrogen-bond acceptors (Lipinski definition) is 5. The second-order valence-electron chi connectivity index (χ2n) is 21.2. The predicted molar refractivity (Wildman–Crippen MR) is 230 cm³/mol. The molecule has 0 spiro atoms. The van der Waals surface area contributed by atoms with Crippen LogP contribution in [0.15, 0.2) is 54.1 Å². The Morgan fingerprint density at radius 2 is 1.73 bits per heavy atom. The van der Waals surface area contributed by atoms with Gasteiger partial charge in [-0.3, -0.25) is 4.79 Å². The molecule has 6 nitrogen and oxygen atoms in total. The van der Waals surface area contributed by atoms with Crippen molar-refractivity contribution in [1.82, 2.24) is 4.90 Å². The fraction of sp³-hybridized carbons (Fsp3) is 0.686. The molecule has 2 N–H and O–H groups in total. The second-order valence-corrected chi connectivity index (χ2v) is 21.2. The second kappa shape index (κ2) is 17.2. The molecule has 2 aromatic carbocycles. The van der Waals surface area contributed by atoms with Gasteiger partial charge in [0.05, 0.1) is 23.8 Å². The molecule has 5 fully saturated rings. The van der Waals surface area contributed by atoms with Crippen LogP contribution in [-0.4, -0.2) is 57.9 Å². The lowest BCUT2D eigenvalue weighted by Gasteiger charge is -2.60. The Morgan fingerprint density at radius 1 is 0.967 bits per heavy atom. The number of carbonyl (C=O) groups is 2. The number of rotatable bonds is 8. The van der Waals surface area contributed by atoms with Gasteiger partial charge >= 0.3 is 12.3 Å². The number of aliphatic hydroxyl groups excluding tert-OH is 1. The highest BCUT2D eigenvalue weighted by Crippen LogP contribution is 2.62. The molecule has 7 aliphatic carbocycles. The van der Waals surface area contributed by atoms with Crippen molar-refractivity contribution in [3.05, 3.63) is 81.9 Å². The van der Waals surface area contributed by atoms with Crippen molar-refractivity contribution in [3.63, 3.8) is 0 Å². The van der Waals surface area contributed by atoms with E-state index in [1.165, 1.54) is 18.6 Å². The van der Waals surface area contributed by atoms with E-state index < -0.39 is 34.6 Å². The van der Waals surface area contributed by atoms with Crippen LogP contribution in [0, 0.1) is 46.3 Å². The molecule has 0 heterocycles. The summed E-state index contributed by atoms with van der Waals surface area (Å²) in [6.07, 6.45) is 6.34. The highest BCUT2D eigenvalue weighted by atomic mass is 19.4. The molecule has 0 saturated heterocycles. The molecule has 330 valence electrons. The van der Waals surface area contributed by atoms with Gasteiger partial charge in [-0.25, -0.2) is 4.79 Å². The van der Waals surface area contributed by atoms with E-state index in [1.807, 2.05) is 17.0 Å². The Bertz CT molecular complexity index is 1920. The van der Waals surface area contributed by atoms with Gasteiger partial charge in [-0.1, -0.05) is 83.9 Å². The molecule has 1 amide bonds. The summed E-state index contributed by atoms with van der Waals surface area (Å²) < 4.78 is 48.3. The normalized spacial score (nSPS) is 34.2. The van der Waals surface area contributed by atoms with Gasteiger partial charge in [-0.05, 0) is 160 Å². The van der Waals surface area contributed by atoms with E-state index in [-0.39, 0.29) is 41.6 Å². The Kier molecular flexibility index (Phi) is 12.9. The number of carbonyl (C=O) groups excluding carboxylic acids is 2. The lowest BCUT2D eigenvalue weighted by molar-refractivity contribution is -0.137. The summed E-state index contributed by atoms with van der Waals surface area (Å²) in [5.74, 6) is 1.75. The molecule has 7 aliphatic rings. The lowest BCUT2D eigenvalue weighted by Crippen LogP contribution is -2.58. The van der Waals surface area contributed by atoms with Crippen LogP contribution in [0.25, 0.3) is 0 Å². The Labute approximate surface area is 356 Å². The van der Waals surface area contributed by atoms with Gasteiger partial charge in [-0.15, -0.1) is 0 Å². The molecular formula is C51H70F3NO5. The first-order valence-corrected chi connectivity index (χ1v) is 23.1. The number of hydrogen-bond donors (Lipinski definition) is 2. The van der Waals surface area contributed by atoms with Gasteiger partial charge < -0.3 is 19.8 Å². The zero-order valence-corrected chi connectivity index (χ0v) is 37.1. The van der Waals surface area contributed by atoms with E-state index in [4.69, 9.17) is 4.74 Å². The van der Waals surface area contributed by atoms with Crippen molar-refractivity contribution in [2.45, 2.75) is 162 Å². The number of aliphatic hydroxyl groups is 2. The molecule has 2 aromatic rings. The van der Waals surface area contributed by atoms with E-state index in [0.717, 1.165) is 55.4 Å². The summed E-state index contributed by atoms with van der Waals surface area (Å²) in [7, 11) is 0. The third-order valence-electron chi connectivity index (χ3n) is 16.7. The summed E-state index contributed by atoms with van der Waals surface area (Å²) in [6.45, 7) is 16.2. The monoisotopic (exact) mass is 834 g/mol. The van der Waals surface area contributed by atoms with E-state index in [1.54, 1.807) is 6.07 Å². The van der Waals surface area contributed by atoms with Gasteiger partial charge in [0, 0.05) is 23.1 Å². The zero-order valence-electron chi connectivity index (χ0n) is 37.1. The molecule has 10 unspecified atom stereocenters. The number of ether oxygens (including phenoxy) is 1. The molecule has 0 radical (unpaired) electrons. The van der Waals surface area contributed by atoms with Crippen molar-refractivity contribution >= 4 is 11.9 Å². The van der Waals surface area contributed by atoms with Crippen molar-refractivity contribution in [2.24, 2.45) is 46.3 Å². The van der Waals surface area contributed by atoms with Crippen LogP contribution in [0.4, 0.5) is 18.0 Å². The first kappa shape index (κ1) is 44.9. The predicted octanol–water partition coefficient (Wildman–Crippen LogP) is 11.9. The number of alkyl halides is 3. The fourth-order valence-electron chi connectivity index (χ4n) is 12.6. The van der Waals surface area contributed by atoms with E-state index in [0.29, 0.717) is 92.2 Å². The molecular weight excluding hydrogens is 764 g/mol. The maximum Gasteiger partial charge on any atom is 0.416 e. The minimum Gasteiger partial charge on any atom is -0.446 e. The van der Waals surface area contributed by atoms with Crippen molar-refractivity contribution in [2.75, 3.05) is 13.1 Å². The largest absolute Gasteiger partial charge is 0.446 e. The van der Waals surface area contributed by atoms with Crippen molar-refractivity contribution in [1.29, 1.82) is 0 Å². The number of allylic oxidation sites excluding steroid dienone is 2. The molecule has 0 aromatic heterocycles. The molecule has 60 heavy (non-hydrogen) atoms.